The minimum atomic E-state index is -0.601. The van der Waals surface area contributed by atoms with E-state index in [0.29, 0.717) is 23.7 Å². The maximum absolute atomic E-state index is 13.8. The van der Waals surface area contributed by atoms with Crippen molar-refractivity contribution in [2.45, 2.75) is 62.9 Å². The van der Waals surface area contributed by atoms with Crippen LogP contribution in [0.15, 0.2) is 83.3 Å². The molecule has 1 aliphatic rings. The lowest BCUT2D eigenvalue weighted by molar-refractivity contribution is -0.139. The zero-order valence-corrected chi connectivity index (χ0v) is 24.6. The fourth-order valence-electron chi connectivity index (χ4n) is 4.83. The molecule has 0 saturated heterocycles. The van der Waals surface area contributed by atoms with E-state index in [4.69, 9.17) is 11.6 Å². The van der Waals surface area contributed by atoms with Crippen molar-refractivity contribution in [2.75, 3.05) is 5.75 Å². The van der Waals surface area contributed by atoms with Crippen molar-refractivity contribution in [3.05, 3.63) is 105 Å². The number of carbonyl (C=O) groups is 2. The van der Waals surface area contributed by atoms with Gasteiger partial charge in [-0.2, -0.15) is 0 Å². The van der Waals surface area contributed by atoms with Crippen molar-refractivity contribution >= 4 is 51.1 Å². The molecule has 0 bridgehead atoms. The maximum atomic E-state index is 13.8. The largest absolute Gasteiger partial charge is 0.352 e. The molecular formula is C31H34BrClN2O2S. The average molecular weight is 614 g/mol. The van der Waals surface area contributed by atoms with Crippen LogP contribution in [0.1, 0.15) is 48.8 Å². The molecule has 4 rings (SSSR count). The Bertz CT molecular complexity index is 1190. The standard InChI is InChI=1S/C31H34BrClN2O2S/c32-26-17-15-24(16-18-26)20-35(30(36)22-38-21-25-11-7-8-14-28(25)33)29(19-23-9-3-1-4-10-23)31(37)34-27-12-5-2-6-13-27/h1,3-4,7-11,14-18,27,29H,2,5-6,12-13,19-22H2,(H,34,37)/t29-/m1/s1. The number of amides is 2. The van der Waals surface area contributed by atoms with Gasteiger partial charge >= 0.3 is 0 Å². The van der Waals surface area contributed by atoms with Crippen LogP contribution in [0.2, 0.25) is 5.02 Å². The number of thioether (sulfide) groups is 1. The summed E-state index contributed by atoms with van der Waals surface area (Å²) in [6.45, 7) is 0.369. The third-order valence-electron chi connectivity index (χ3n) is 6.93. The summed E-state index contributed by atoms with van der Waals surface area (Å²) in [5, 5.41) is 4.00. The fraction of sp³-hybridized carbons (Fsp3) is 0.355. The Morgan fingerprint density at radius 2 is 1.61 bits per heavy atom. The third kappa shape index (κ3) is 8.62. The molecule has 2 amide bonds. The van der Waals surface area contributed by atoms with Crippen LogP contribution in [0.4, 0.5) is 0 Å². The lowest BCUT2D eigenvalue weighted by Gasteiger charge is -2.33. The topological polar surface area (TPSA) is 49.4 Å². The first-order valence-electron chi connectivity index (χ1n) is 13.2. The van der Waals surface area contributed by atoms with Crippen LogP contribution in [0.5, 0.6) is 0 Å². The highest BCUT2D eigenvalue weighted by Gasteiger charge is 2.31. The van der Waals surface area contributed by atoms with Gasteiger partial charge < -0.3 is 10.2 Å². The summed E-state index contributed by atoms with van der Waals surface area (Å²) in [6, 6.07) is 25.2. The van der Waals surface area contributed by atoms with Crippen molar-refractivity contribution < 1.29 is 9.59 Å². The van der Waals surface area contributed by atoms with Gasteiger partial charge in [0.15, 0.2) is 0 Å². The lowest BCUT2D eigenvalue weighted by Crippen LogP contribution is -2.53. The first-order valence-corrected chi connectivity index (χ1v) is 15.5. The first kappa shape index (κ1) is 28.7. The summed E-state index contributed by atoms with van der Waals surface area (Å²) in [7, 11) is 0. The molecule has 0 heterocycles. The molecular weight excluding hydrogens is 580 g/mol. The van der Waals surface area contributed by atoms with Gasteiger partial charge in [-0.25, -0.2) is 0 Å². The number of nitrogens with zero attached hydrogens (tertiary/aromatic N) is 1. The lowest BCUT2D eigenvalue weighted by atomic mass is 9.94. The molecule has 0 radical (unpaired) electrons. The van der Waals surface area contributed by atoms with E-state index in [-0.39, 0.29) is 23.6 Å². The molecule has 38 heavy (non-hydrogen) atoms. The molecule has 0 spiro atoms. The Morgan fingerprint density at radius 1 is 0.921 bits per heavy atom. The molecule has 0 unspecified atom stereocenters. The molecule has 0 aliphatic heterocycles. The van der Waals surface area contributed by atoms with E-state index in [0.717, 1.165) is 46.8 Å². The summed E-state index contributed by atoms with van der Waals surface area (Å²) < 4.78 is 0.977. The molecule has 0 aromatic heterocycles. The monoisotopic (exact) mass is 612 g/mol. The molecule has 200 valence electrons. The van der Waals surface area contributed by atoms with Gasteiger partial charge in [0.2, 0.25) is 11.8 Å². The number of hydrogen-bond acceptors (Lipinski definition) is 3. The Balaban J connectivity index is 1.56. The normalized spacial score (nSPS) is 14.6. The van der Waals surface area contributed by atoms with Crippen molar-refractivity contribution in [1.29, 1.82) is 0 Å². The van der Waals surface area contributed by atoms with E-state index < -0.39 is 6.04 Å². The molecule has 1 fully saturated rings. The minimum absolute atomic E-state index is 0.0512. The van der Waals surface area contributed by atoms with Crippen LogP contribution >= 0.6 is 39.3 Å². The number of hydrogen-bond donors (Lipinski definition) is 1. The second-order valence-electron chi connectivity index (χ2n) is 9.78. The van der Waals surface area contributed by atoms with Crippen molar-refractivity contribution in [1.82, 2.24) is 10.2 Å². The maximum Gasteiger partial charge on any atom is 0.243 e. The predicted molar refractivity (Wildman–Crippen MR) is 161 cm³/mol. The van der Waals surface area contributed by atoms with E-state index >= 15 is 0 Å². The molecule has 1 saturated carbocycles. The summed E-state index contributed by atoms with van der Waals surface area (Å²) in [4.78, 5) is 29.4. The number of halogens is 2. The third-order valence-corrected chi connectivity index (χ3v) is 8.79. The molecule has 7 heteroatoms. The molecule has 3 aromatic rings. The van der Waals surface area contributed by atoms with Crippen LogP contribution in [0, 0.1) is 0 Å². The van der Waals surface area contributed by atoms with Crippen molar-refractivity contribution in [3.63, 3.8) is 0 Å². The van der Waals surface area contributed by atoms with Crippen LogP contribution in [0.25, 0.3) is 0 Å². The summed E-state index contributed by atoms with van der Waals surface area (Å²) >= 11 is 11.4. The van der Waals surface area contributed by atoms with Crippen LogP contribution in [-0.4, -0.2) is 34.6 Å². The SMILES string of the molecule is O=C(NC1CCCCC1)[C@@H](Cc1ccccc1)N(Cc1ccc(Br)cc1)C(=O)CSCc1ccccc1Cl. The number of nitrogens with one attached hydrogen (secondary N) is 1. The summed E-state index contributed by atoms with van der Waals surface area (Å²) in [6.07, 6.45) is 5.95. The Kier molecular flexibility index (Phi) is 11.2. The van der Waals surface area contributed by atoms with Crippen molar-refractivity contribution in [2.24, 2.45) is 0 Å². The number of benzene rings is 3. The van der Waals surface area contributed by atoms with E-state index in [1.807, 2.05) is 78.9 Å². The van der Waals surface area contributed by atoms with E-state index in [1.54, 1.807) is 4.90 Å². The van der Waals surface area contributed by atoms with Crippen LogP contribution in [0.3, 0.4) is 0 Å². The minimum Gasteiger partial charge on any atom is -0.352 e. The second-order valence-corrected chi connectivity index (χ2v) is 12.1. The smallest absolute Gasteiger partial charge is 0.243 e. The van der Waals surface area contributed by atoms with E-state index in [1.165, 1.54) is 18.2 Å². The summed E-state index contributed by atoms with van der Waals surface area (Å²) in [5.41, 5.74) is 3.03. The Labute approximate surface area is 243 Å². The van der Waals surface area contributed by atoms with Gasteiger partial charge in [-0.15, -0.1) is 11.8 Å². The number of carbonyl (C=O) groups excluding carboxylic acids is 2. The van der Waals surface area contributed by atoms with E-state index in [2.05, 4.69) is 21.2 Å². The highest BCUT2D eigenvalue weighted by Crippen LogP contribution is 2.24. The van der Waals surface area contributed by atoms with Gasteiger partial charge in [0.25, 0.3) is 0 Å². The van der Waals surface area contributed by atoms with Crippen LogP contribution < -0.4 is 5.32 Å². The second kappa shape index (κ2) is 14.8. The van der Waals surface area contributed by atoms with E-state index in [9.17, 15) is 9.59 Å². The Hall–Kier alpha value is -2.28. The zero-order chi connectivity index (χ0) is 26.7. The van der Waals surface area contributed by atoms with Gasteiger partial charge in [0, 0.05) is 34.3 Å². The highest BCUT2D eigenvalue weighted by molar-refractivity contribution is 9.10. The first-order chi connectivity index (χ1) is 18.5. The predicted octanol–water partition coefficient (Wildman–Crippen LogP) is 7.42. The number of rotatable bonds is 11. The molecule has 1 aliphatic carbocycles. The summed E-state index contributed by atoms with van der Waals surface area (Å²) in [5.74, 6) is 0.783. The quantitative estimate of drug-likeness (QED) is 0.245. The van der Waals surface area contributed by atoms with Gasteiger partial charge in [-0.1, -0.05) is 107 Å². The molecule has 1 atom stereocenters. The fourth-order valence-corrected chi connectivity index (χ4v) is 6.29. The van der Waals surface area contributed by atoms with Crippen molar-refractivity contribution in [3.8, 4) is 0 Å². The molecule has 3 aromatic carbocycles. The molecule has 1 N–H and O–H groups in total. The van der Waals surface area contributed by atoms with Gasteiger partial charge in [0.1, 0.15) is 6.04 Å². The van der Waals surface area contributed by atoms with Gasteiger partial charge in [-0.3, -0.25) is 9.59 Å². The molecule has 4 nitrogen and oxygen atoms in total. The van der Waals surface area contributed by atoms with Gasteiger partial charge in [-0.05, 0) is 47.7 Å². The highest BCUT2D eigenvalue weighted by atomic mass is 79.9. The Morgan fingerprint density at radius 3 is 2.32 bits per heavy atom. The van der Waals surface area contributed by atoms with Crippen LogP contribution in [-0.2, 0) is 28.3 Å². The average Bonchev–Trinajstić information content (AvgIpc) is 2.94. The zero-order valence-electron chi connectivity index (χ0n) is 21.5. The van der Waals surface area contributed by atoms with Gasteiger partial charge in [0.05, 0.1) is 5.75 Å².